The summed E-state index contributed by atoms with van der Waals surface area (Å²) in [5, 5.41) is 9.18. The number of hydrogen-bond donors (Lipinski definition) is 0. The molecule has 0 unspecified atom stereocenters. The van der Waals surface area contributed by atoms with Gasteiger partial charge in [0.15, 0.2) is 0 Å². The van der Waals surface area contributed by atoms with Gasteiger partial charge in [0.2, 0.25) is 0 Å². The lowest BCUT2D eigenvalue weighted by atomic mass is 10.1. The molecule has 2 aromatic heterocycles. The summed E-state index contributed by atoms with van der Waals surface area (Å²) in [4.78, 5) is 11.6. The molecule has 102 valence electrons. The molecule has 0 radical (unpaired) electrons. The molecular formula is C16H12N4O. The van der Waals surface area contributed by atoms with Crippen molar-refractivity contribution in [1.82, 2.24) is 20.1 Å². The molecule has 2 aromatic carbocycles. The lowest BCUT2D eigenvalue weighted by molar-refractivity contribution is 0.0757. The molecule has 0 saturated carbocycles. The van der Waals surface area contributed by atoms with Gasteiger partial charge in [0.1, 0.15) is 17.6 Å². The van der Waals surface area contributed by atoms with Crippen LogP contribution in [0.15, 0.2) is 60.8 Å². The van der Waals surface area contributed by atoms with Crippen molar-refractivity contribution in [3.8, 4) is 0 Å². The minimum Gasteiger partial charge on any atom is -0.390 e. The van der Waals surface area contributed by atoms with E-state index in [2.05, 4.69) is 15.3 Å². The van der Waals surface area contributed by atoms with E-state index >= 15 is 0 Å². The van der Waals surface area contributed by atoms with Gasteiger partial charge in [-0.2, -0.15) is 0 Å². The third kappa shape index (κ3) is 2.08. The molecule has 0 atom stereocenters. The fraction of sp³-hybridized carbons (Fsp3) is 0.0625. The Hall–Kier alpha value is -2.95. The van der Waals surface area contributed by atoms with E-state index in [1.54, 1.807) is 6.20 Å². The van der Waals surface area contributed by atoms with Crippen LogP contribution in [-0.4, -0.2) is 20.1 Å². The van der Waals surface area contributed by atoms with Crippen LogP contribution in [0.2, 0.25) is 0 Å². The Labute approximate surface area is 120 Å². The summed E-state index contributed by atoms with van der Waals surface area (Å²) in [7, 11) is 0. The Morgan fingerprint density at radius 3 is 2.86 bits per heavy atom. The SMILES string of the molecule is c1cnc2c(COn3nnc4ccccc43)cccc2c1. The molecule has 5 nitrogen and oxygen atoms in total. The summed E-state index contributed by atoms with van der Waals surface area (Å²) < 4.78 is 0. The van der Waals surface area contributed by atoms with Gasteiger partial charge < -0.3 is 4.84 Å². The zero-order chi connectivity index (χ0) is 14.1. The number of hydrogen-bond acceptors (Lipinski definition) is 4. The van der Waals surface area contributed by atoms with Crippen LogP contribution in [-0.2, 0) is 6.61 Å². The van der Waals surface area contributed by atoms with E-state index in [0.717, 1.165) is 27.5 Å². The highest BCUT2D eigenvalue weighted by Gasteiger charge is 2.06. The van der Waals surface area contributed by atoms with Crippen molar-refractivity contribution in [2.75, 3.05) is 0 Å². The van der Waals surface area contributed by atoms with E-state index in [0.29, 0.717) is 6.61 Å². The Morgan fingerprint density at radius 1 is 0.952 bits per heavy atom. The van der Waals surface area contributed by atoms with Crippen LogP contribution in [0.3, 0.4) is 0 Å². The first-order valence-electron chi connectivity index (χ1n) is 6.68. The topological polar surface area (TPSA) is 52.8 Å². The number of para-hydroxylation sites is 2. The van der Waals surface area contributed by atoms with E-state index in [1.807, 2.05) is 54.6 Å². The fourth-order valence-electron chi connectivity index (χ4n) is 2.36. The van der Waals surface area contributed by atoms with Gasteiger partial charge in [-0.05, 0) is 23.4 Å². The van der Waals surface area contributed by atoms with Crippen molar-refractivity contribution in [3.63, 3.8) is 0 Å². The number of fused-ring (bicyclic) bond motifs is 2. The first kappa shape index (κ1) is 11.8. The van der Waals surface area contributed by atoms with Gasteiger partial charge in [-0.1, -0.05) is 41.2 Å². The highest BCUT2D eigenvalue weighted by atomic mass is 16.7. The highest BCUT2D eigenvalue weighted by Crippen LogP contribution is 2.16. The summed E-state index contributed by atoms with van der Waals surface area (Å²) >= 11 is 0. The maximum atomic E-state index is 5.76. The molecular weight excluding hydrogens is 264 g/mol. The second-order valence-corrected chi connectivity index (χ2v) is 4.72. The van der Waals surface area contributed by atoms with Crippen LogP contribution in [0.4, 0.5) is 0 Å². The predicted octanol–water partition coefficient (Wildman–Crippen LogP) is 2.61. The second-order valence-electron chi connectivity index (χ2n) is 4.72. The van der Waals surface area contributed by atoms with Crippen LogP contribution < -0.4 is 4.84 Å². The molecule has 0 N–H and O–H groups in total. The summed E-state index contributed by atoms with van der Waals surface area (Å²) in [5.74, 6) is 0. The lowest BCUT2D eigenvalue weighted by Crippen LogP contribution is -2.13. The predicted molar refractivity (Wildman–Crippen MR) is 79.6 cm³/mol. The minimum absolute atomic E-state index is 0.391. The molecule has 0 spiro atoms. The van der Waals surface area contributed by atoms with E-state index in [-0.39, 0.29) is 0 Å². The maximum Gasteiger partial charge on any atom is 0.144 e. The summed E-state index contributed by atoms with van der Waals surface area (Å²) in [6, 6.07) is 17.7. The number of rotatable bonds is 3. The Morgan fingerprint density at radius 2 is 1.86 bits per heavy atom. The van der Waals surface area contributed by atoms with Crippen molar-refractivity contribution >= 4 is 21.9 Å². The van der Waals surface area contributed by atoms with E-state index < -0.39 is 0 Å². The number of benzene rings is 2. The van der Waals surface area contributed by atoms with Crippen molar-refractivity contribution < 1.29 is 4.84 Å². The number of pyridine rings is 1. The molecule has 4 rings (SSSR count). The zero-order valence-electron chi connectivity index (χ0n) is 11.2. The molecule has 21 heavy (non-hydrogen) atoms. The fourth-order valence-corrected chi connectivity index (χ4v) is 2.36. The third-order valence-corrected chi connectivity index (χ3v) is 3.38. The van der Waals surface area contributed by atoms with E-state index in [9.17, 15) is 0 Å². The molecule has 0 saturated heterocycles. The highest BCUT2D eigenvalue weighted by molar-refractivity contribution is 5.81. The lowest BCUT2D eigenvalue weighted by Gasteiger charge is -2.07. The smallest absolute Gasteiger partial charge is 0.144 e. The first-order valence-corrected chi connectivity index (χ1v) is 6.68. The maximum absolute atomic E-state index is 5.76. The molecule has 0 aliphatic carbocycles. The molecule has 5 heteroatoms. The van der Waals surface area contributed by atoms with Crippen molar-refractivity contribution in [2.24, 2.45) is 0 Å². The minimum atomic E-state index is 0.391. The monoisotopic (exact) mass is 276 g/mol. The van der Waals surface area contributed by atoms with Crippen molar-refractivity contribution in [3.05, 3.63) is 66.4 Å². The molecule has 0 aliphatic heterocycles. The zero-order valence-corrected chi connectivity index (χ0v) is 11.2. The number of aromatic nitrogens is 4. The summed E-state index contributed by atoms with van der Waals surface area (Å²) in [6.45, 7) is 0.391. The quantitative estimate of drug-likeness (QED) is 0.577. The van der Waals surface area contributed by atoms with Gasteiger partial charge in [-0.3, -0.25) is 4.98 Å². The van der Waals surface area contributed by atoms with Crippen molar-refractivity contribution in [1.29, 1.82) is 0 Å². The molecule has 4 aromatic rings. The molecule has 0 aliphatic rings. The number of nitrogens with zero attached hydrogens (tertiary/aromatic N) is 4. The van der Waals surface area contributed by atoms with Gasteiger partial charge in [0.25, 0.3) is 0 Å². The van der Waals surface area contributed by atoms with E-state index in [4.69, 9.17) is 4.84 Å². The van der Waals surface area contributed by atoms with Crippen LogP contribution in [0, 0.1) is 0 Å². The van der Waals surface area contributed by atoms with Gasteiger partial charge in [-0.15, -0.1) is 5.10 Å². The summed E-state index contributed by atoms with van der Waals surface area (Å²) in [6.07, 6.45) is 1.79. The van der Waals surface area contributed by atoms with Crippen molar-refractivity contribution in [2.45, 2.75) is 6.61 Å². The first-order chi connectivity index (χ1) is 10.4. The van der Waals surface area contributed by atoms with Crippen LogP contribution in [0.25, 0.3) is 21.9 Å². The van der Waals surface area contributed by atoms with Crippen LogP contribution >= 0.6 is 0 Å². The molecule has 0 fully saturated rings. The van der Waals surface area contributed by atoms with Crippen LogP contribution in [0.5, 0.6) is 0 Å². The molecule has 0 amide bonds. The Kier molecular flexibility index (Phi) is 2.74. The van der Waals surface area contributed by atoms with Crippen LogP contribution in [0.1, 0.15) is 5.56 Å². The normalized spacial score (nSPS) is 11.0. The molecule has 2 heterocycles. The Bertz CT molecular complexity index is 911. The average molecular weight is 276 g/mol. The third-order valence-electron chi connectivity index (χ3n) is 3.38. The van der Waals surface area contributed by atoms with Gasteiger partial charge in [0.05, 0.1) is 5.52 Å². The summed E-state index contributed by atoms with van der Waals surface area (Å²) in [5.41, 5.74) is 3.64. The largest absolute Gasteiger partial charge is 0.390 e. The standard InChI is InChI=1S/C16H12N4O/c1-2-9-15-14(8-1)18-19-20(15)21-11-13-6-3-5-12-7-4-10-17-16(12)13/h1-10H,11H2. The molecule has 0 bridgehead atoms. The average Bonchev–Trinajstić information content (AvgIpc) is 2.96. The van der Waals surface area contributed by atoms with Gasteiger partial charge in [0, 0.05) is 17.1 Å². The van der Waals surface area contributed by atoms with Gasteiger partial charge >= 0.3 is 0 Å². The Balaban J connectivity index is 1.67. The second kappa shape index (κ2) is 4.86. The van der Waals surface area contributed by atoms with Gasteiger partial charge in [-0.25, -0.2) is 0 Å². The van der Waals surface area contributed by atoms with E-state index in [1.165, 1.54) is 4.85 Å².